The van der Waals surface area contributed by atoms with Crippen LogP contribution in [0.1, 0.15) is 254 Å². The van der Waals surface area contributed by atoms with E-state index in [1.165, 1.54) is 180 Å². The lowest BCUT2D eigenvalue weighted by Gasteiger charge is -2.42. The van der Waals surface area contributed by atoms with Crippen LogP contribution < -0.4 is 16.0 Å². The Morgan fingerprint density at radius 1 is 0.432 bits per heavy atom. The van der Waals surface area contributed by atoms with Gasteiger partial charge < -0.3 is 45.0 Å². The van der Waals surface area contributed by atoms with Gasteiger partial charge >= 0.3 is 0 Å². The summed E-state index contributed by atoms with van der Waals surface area (Å²) in [6, 6.07) is 22.2. The van der Waals surface area contributed by atoms with E-state index in [1.807, 2.05) is 0 Å². The van der Waals surface area contributed by atoms with Crippen molar-refractivity contribution in [2.75, 3.05) is 108 Å². The highest BCUT2D eigenvalue weighted by atomic mass is 16.5. The molecule has 18 heteroatoms. The minimum atomic E-state index is -0.207. The van der Waals surface area contributed by atoms with Crippen molar-refractivity contribution < 1.29 is 19.1 Å². The summed E-state index contributed by atoms with van der Waals surface area (Å²) in [4.78, 5) is 74.7. The highest BCUT2D eigenvalue weighted by Crippen LogP contribution is 2.47. The minimum Gasteiger partial charge on any atom is -0.379 e. The van der Waals surface area contributed by atoms with Crippen LogP contribution in [-0.2, 0) is 19.1 Å². The zero-order valence-electron chi connectivity index (χ0n) is 67.8. The van der Waals surface area contributed by atoms with Gasteiger partial charge in [-0.25, -0.2) is 0 Å². The van der Waals surface area contributed by atoms with E-state index in [4.69, 9.17) is 24.5 Å². The molecule has 18 nitrogen and oxygen atoms in total. The van der Waals surface area contributed by atoms with E-state index >= 15 is 0 Å². The van der Waals surface area contributed by atoms with Crippen LogP contribution in [0.5, 0.6) is 0 Å². The maximum Gasteiger partial charge on any atom is 0.293 e. The molecule has 3 saturated heterocycles. The molecule has 15 rings (SSSR count). The average molecular weight is 1500 g/mol. The third kappa shape index (κ3) is 21.0. The quantitative estimate of drug-likeness (QED) is 0.119. The Morgan fingerprint density at radius 2 is 0.739 bits per heavy atom. The molecular weight excluding hydrogens is 1380 g/mol. The van der Waals surface area contributed by atoms with Crippen LogP contribution in [0, 0.1) is 36.0 Å². The van der Waals surface area contributed by atoms with Gasteiger partial charge in [0.15, 0.2) is 17.1 Å². The lowest BCUT2D eigenvalue weighted by Crippen LogP contribution is -2.50. The highest BCUT2D eigenvalue weighted by molar-refractivity contribution is 6.45. The number of hydrogen-bond donors (Lipinski definition) is 3. The van der Waals surface area contributed by atoms with Crippen molar-refractivity contribution in [1.82, 2.24) is 24.5 Å². The van der Waals surface area contributed by atoms with E-state index in [-0.39, 0.29) is 17.7 Å². The maximum absolute atomic E-state index is 13.0. The summed E-state index contributed by atoms with van der Waals surface area (Å²) in [6.45, 7) is 52.4. The fourth-order valence-electron chi connectivity index (χ4n) is 18.9. The molecule has 6 heterocycles. The Labute approximate surface area is 662 Å². The normalized spacial score (nSPS) is 26.4. The topological polar surface area (TPSA) is 163 Å². The van der Waals surface area contributed by atoms with Gasteiger partial charge in [-0.2, -0.15) is 0 Å². The van der Waals surface area contributed by atoms with E-state index in [0.717, 1.165) is 119 Å². The SMILES string of the molecule is [C-]#[N+]C1=CCC(C(=O)Nc2ccc(C3CCC(N4CCN(C)CC4)CC3)cc2C2=CCC(C)(C)CC2)=N1.[C-]#[N+]C1=CCC(C(=O)Nc2ccc(C3CCC(N4CCN(CC)CC4)CC3)cc2C2=CCC(C)(C)CC2)=N1.[C-]#[N+]C1=CCC(C(=O)Nc2ccc(C3CCC(N4CCOCC4)CC3)cc2C2=CCC(C)(C)CC2)=N1. The Bertz CT molecular complexity index is 4320. The summed E-state index contributed by atoms with van der Waals surface area (Å²) in [7, 11) is 2.23. The van der Waals surface area contributed by atoms with Crippen molar-refractivity contribution in [3.8, 4) is 0 Å². The zero-order chi connectivity index (χ0) is 77.8. The average Bonchev–Trinajstić information content (AvgIpc) is 1.27. The van der Waals surface area contributed by atoms with Crippen molar-refractivity contribution in [3.05, 3.63) is 176 Å². The summed E-state index contributed by atoms with van der Waals surface area (Å²) < 4.78 is 5.55. The molecule has 0 spiro atoms. The van der Waals surface area contributed by atoms with Crippen LogP contribution in [0.3, 0.4) is 0 Å². The molecular formula is C93H122N14O4. The van der Waals surface area contributed by atoms with E-state index < -0.39 is 0 Å². The van der Waals surface area contributed by atoms with Gasteiger partial charge in [0.2, 0.25) is 0 Å². The van der Waals surface area contributed by atoms with Crippen LogP contribution in [0.15, 0.2) is 123 Å². The van der Waals surface area contributed by atoms with E-state index in [2.05, 4.69) is 198 Å². The van der Waals surface area contributed by atoms with Gasteiger partial charge in [0.05, 0.1) is 13.2 Å². The number of morpholine rings is 1. The molecule has 3 saturated carbocycles. The minimum absolute atomic E-state index is 0.200. The Hall–Kier alpha value is -8.25. The lowest BCUT2D eigenvalue weighted by molar-refractivity contribution is -0.111. The first kappa shape index (κ1) is 80.8. The van der Waals surface area contributed by atoms with Gasteiger partial charge in [0, 0.05) is 137 Å². The second-order valence-electron chi connectivity index (χ2n) is 35.9. The van der Waals surface area contributed by atoms with Crippen molar-refractivity contribution in [3.63, 3.8) is 0 Å². The lowest BCUT2D eigenvalue weighted by atomic mass is 9.76. The smallest absolute Gasteiger partial charge is 0.293 e. The van der Waals surface area contributed by atoms with E-state index in [1.54, 1.807) is 18.2 Å². The molecule has 0 radical (unpaired) electrons. The molecule has 0 bridgehead atoms. The molecule has 111 heavy (non-hydrogen) atoms. The number of hydrogen-bond acceptors (Lipinski definition) is 12. The molecule has 6 aliphatic carbocycles. The van der Waals surface area contributed by atoms with Crippen LogP contribution in [-0.4, -0.2) is 170 Å². The van der Waals surface area contributed by atoms with Gasteiger partial charge in [0.25, 0.3) is 35.2 Å². The number of anilines is 3. The zero-order valence-corrected chi connectivity index (χ0v) is 67.8. The second kappa shape index (κ2) is 36.7. The number of nitrogens with one attached hydrogen (secondary N) is 3. The summed E-state index contributed by atoms with van der Waals surface area (Å²) in [6.07, 6.45) is 38.2. The largest absolute Gasteiger partial charge is 0.379 e. The molecule has 3 amide bonds. The summed E-state index contributed by atoms with van der Waals surface area (Å²) in [5, 5.41) is 9.42. The third-order valence-electron chi connectivity index (χ3n) is 26.6. The van der Waals surface area contributed by atoms with Crippen molar-refractivity contribution in [2.45, 2.75) is 238 Å². The van der Waals surface area contributed by atoms with Crippen LogP contribution in [0.2, 0.25) is 0 Å². The van der Waals surface area contributed by atoms with Crippen LogP contribution in [0.25, 0.3) is 31.3 Å². The number of likely N-dealkylation sites (N-methyl/N-ethyl adjacent to an activating group) is 2. The standard InChI is InChI=1S/C32H43N5O.C31H41N5O.C30H38N4O2/c1-5-36-18-20-37(21-19-36)26-9-6-23(7-10-26)25-8-11-28(35-31(38)29-12-13-30(33-4)34-29)27(22-25)24-14-16-32(2,3)17-15-24;1-31(2)15-13-23(14-16-31)26-21-24(7-10-27(26)34-30(37)28-11-12-29(32-3)33-28)22-5-8-25(9-6-22)36-19-17-35(4)18-20-36;1-30(2)14-12-22(13-15-30)25-20-23(21-4-7-24(8-5-21)34-16-18-36-19-17-34)6-9-26(25)33-29(35)27-10-11-28(31-3)32-27/h8,11,13-14,22-23,26H,5-7,9-10,12,15-21H2,1-3H3,(H,35,38);7,10,12-13,21-22,25H,5-6,8-9,11,14-20H2,1-2,4H3,(H,34,37);6,9,11-12,20-21,24H,4-5,7-8,10,13-19H2,1-2H3,(H,33,35). The number of carbonyl (C=O) groups is 3. The van der Waals surface area contributed by atoms with Gasteiger partial charge in [-0.15, -0.1) is 15.0 Å². The summed E-state index contributed by atoms with van der Waals surface area (Å²) in [5.74, 6) is 2.05. The van der Waals surface area contributed by atoms with Crippen LogP contribution in [0.4, 0.5) is 17.1 Å². The predicted octanol–water partition coefficient (Wildman–Crippen LogP) is 18.8. The second-order valence-corrected chi connectivity index (χ2v) is 35.9. The molecule has 588 valence electrons. The van der Waals surface area contributed by atoms with E-state index in [0.29, 0.717) is 93.9 Å². The number of allylic oxidation sites excluding steroid dienone is 9. The summed E-state index contributed by atoms with van der Waals surface area (Å²) in [5.41, 5.74) is 16.5. The molecule has 0 unspecified atom stereocenters. The Morgan fingerprint density at radius 3 is 1.02 bits per heavy atom. The Kier molecular flexibility index (Phi) is 26.7. The molecule has 3 aromatic rings. The van der Waals surface area contributed by atoms with Crippen molar-refractivity contribution in [2.24, 2.45) is 31.2 Å². The van der Waals surface area contributed by atoms with E-state index in [9.17, 15) is 14.4 Å². The first-order chi connectivity index (χ1) is 53.6. The van der Waals surface area contributed by atoms with Gasteiger partial charge in [-0.3, -0.25) is 29.1 Å². The molecule has 3 aromatic carbocycles. The highest BCUT2D eigenvalue weighted by Gasteiger charge is 2.36. The number of amides is 3. The molecule has 6 aliphatic heterocycles. The first-order valence-corrected chi connectivity index (χ1v) is 42.2. The molecule has 0 atom stereocenters. The fraction of sp³-hybridized carbons (Fsp3) is 0.581. The molecule has 12 aliphatic rings. The number of nitrogens with zero attached hydrogens (tertiary/aromatic N) is 11. The number of benzene rings is 3. The van der Waals surface area contributed by atoms with Crippen LogP contribution >= 0.6 is 0 Å². The first-order valence-electron chi connectivity index (χ1n) is 42.2. The van der Waals surface area contributed by atoms with Gasteiger partial charge in [0.1, 0.15) is 0 Å². The van der Waals surface area contributed by atoms with Crippen molar-refractivity contribution >= 4 is 68.6 Å². The molecule has 0 aromatic heterocycles. The fourth-order valence-corrected chi connectivity index (χ4v) is 18.9. The van der Waals surface area contributed by atoms with Crippen molar-refractivity contribution in [1.29, 1.82) is 0 Å². The Balaban J connectivity index is 0.000000146. The van der Waals surface area contributed by atoms with Gasteiger partial charge in [-0.05, 0) is 252 Å². The number of carbonyl (C=O) groups excluding carboxylic acids is 3. The third-order valence-corrected chi connectivity index (χ3v) is 26.6. The molecule has 3 N–H and O–H groups in total. The number of rotatable bonds is 16. The predicted molar refractivity (Wildman–Crippen MR) is 452 cm³/mol. The van der Waals surface area contributed by atoms with Gasteiger partial charge in [-0.1, -0.05) is 123 Å². The molecule has 6 fully saturated rings. The monoisotopic (exact) mass is 1500 g/mol. The number of piperazine rings is 2. The summed E-state index contributed by atoms with van der Waals surface area (Å²) >= 11 is 0. The maximum atomic E-state index is 13.0. The number of aliphatic imine (C=N–C) groups is 3. The number of ether oxygens (including phenoxy) is 1.